The summed E-state index contributed by atoms with van der Waals surface area (Å²) in [6, 6.07) is 7.20. The highest BCUT2D eigenvalue weighted by Crippen LogP contribution is 2.55. The Kier molecular flexibility index (Phi) is 3.06. The van der Waals surface area contributed by atoms with Gasteiger partial charge in [-0.1, -0.05) is 24.3 Å². The minimum absolute atomic E-state index is 0.0483. The number of allylic oxidation sites excluding steroid dienone is 1. The third-order valence-electron chi connectivity index (χ3n) is 4.51. The van der Waals surface area contributed by atoms with Crippen molar-refractivity contribution in [2.24, 2.45) is 0 Å². The summed E-state index contributed by atoms with van der Waals surface area (Å²) in [5, 5.41) is 2.76. The number of fused-ring (bicyclic) bond motifs is 5. The second-order valence-corrected chi connectivity index (χ2v) is 6.43. The molecule has 7 heteroatoms. The van der Waals surface area contributed by atoms with Gasteiger partial charge < -0.3 is 20.2 Å². The maximum atomic E-state index is 13.1. The summed E-state index contributed by atoms with van der Waals surface area (Å²) in [7, 11) is 0. The number of nitrogens with zero attached hydrogens (tertiary/aromatic N) is 1. The Balaban J connectivity index is 2.04. The molecular formula is C18H17N3O4. The van der Waals surface area contributed by atoms with Gasteiger partial charge >= 0.3 is 5.97 Å². The lowest BCUT2D eigenvalue weighted by molar-refractivity contribution is -0.144. The second kappa shape index (κ2) is 4.95. The van der Waals surface area contributed by atoms with Crippen molar-refractivity contribution in [1.29, 1.82) is 0 Å². The van der Waals surface area contributed by atoms with Crippen LogP contribution in [0.3, 0.4) is 0 Å². The highest BCUT2D eigenvalue weighted by atomic mass is 16.5. The number of oxazole rings is 1. The number of nitrogens with two attached hydrogens (primary N) is 1. The van der Waals surface area contributed by atoms with Gasteiger partial charge in [0.1, 0.15) is 5.69 Å². The molecule has 2 heterocycles. The third-order valence-corrected chi connectivity index (χ3v) is 4.51. The number of ether oxygens (including phenoxy) is 1. The monoisotopic (exact) mass is 339 g/mol. The molecule has 1 amide bonds. The van der Waals surface area contributed by atoms with Crippen molar-refractivity contribution >= 4 is 17.9 Å². The summed E-state index contributed by atoms with van der Waals surface area (Å²) in [4.78, 5) is 30.1. The van der Waals surface area contributed by atoms with Crippen molar-refractivity contribution in [2.45, 2.75) is 32.3 Å². The molecule has 0 fully saturated rings. The number of nitrogens with one attached hydrogen (secondary N) is 1. The van der Waals surface area contributed by atoms with E-state index in [0.717, 1.165) is 0 Å². The number of aromatic nitrogens is 1. The van der Waals surface area contributed by atoms with Crippen LogP contribution >= 0.6 is 0 Å². The molecule has 1 aromatic carbocycles. The largest absolute Gasteiger partial charge is 0.460 e. The molecule has 128 valence electrons. The molecule has 1 aliphatic carbocycles. The van der Waals surface area contributed by atoms with Crippen LogP contribution in [-0.2, 0) is 19.7 Å². The SMILES string of the molecule is CC1=C(C(=O)OC(C)C)C2(C(=O)N1)c1ccccc1-c1oc(N)nc12. The minimum atomic E-state index is -1.40. The lowest BCUT2D eigenvalue weighted by Crippen LogP contribution is -2.41. The number of anilines is 1. The van der Waals surface area contributed by atoms with E-state index in [1.54, 1.807) is 26.8 Å². The Morgan fingerprint density at radius 3 is 2.80 bits per heavy atom. The van der Waals surface area contributed by atoms with Crippen molar-refractivity contribution < 1.29 is 18.7 Å². The number of esters is 1. The fourth-order valence-corrected chi connectivity index (χ4v) is 3.69. The Morgan fingerprint density at radius 2 is 2.08 bits per heavy atom. The van der Waals surface area contributed by atoms with E-state index in [-0.39, 0.29) is 23.6 Å². The molecule has 1 aromatic heterocycles. The maximum absolute atomic E-state index is 13.1. The number of hydrogen-bond donors (Lipinski definition) is 2. The van der Waals surface area contributed by atoms with Gasteiger partial charge in [-0.05, 0) is 26.3 Å². The number of hydrogen-bond acceptors (Lipinski definition) is 6. The van der Waals surface area contributed by atoms with Crippen LogP contribution < -0.4 is 11.1 Å². The Labute approximate surface area is 143 Å². The number of nitrogen functional groups attached to an aromatic ring is 1. The van der Waals surface area contributed by atoms with Gasteiger partial charge in [-0.3, -0.25) is 4.79 Å². The van der Waals surface area contributed by atoms with Gasteiger partial charge in [-0.15, -0.1) is 0 Å². The average molecular weight is 339 g/mol. The zero-order chi connectivity index (χ0) is 17.9. The van der Waals surface area contributed by atoms with Crippen molar-refractivity contribution in [2.75, 3.05) is 5.73 Å². The molecule has 7 nitrogen and oxygen atoms in total. The fourth-order valence-electron chi connectivity index (χ4n) is 3.69. The standard InChI is InChI=1S/C18H17N3O4/c1-8(2)24-15(22)12-9(3)20-16(23)18(12)11-7-5-4-6-10(11)13-14(18)21-17(19)25-13/h4-8H,1-3H3,(H2,19,21)(H,20,23). The molecule has 0 saturated heterocycles. The molecule has 4 rings (SSSR count). The molecule has 2 aliphatic rings. The number of benzene rings is 1. The predicted molar refractivity (Wildman–Crippen MR) is 89.2 cm³/mol. The number of carbonyl (C=O) groups is 2. The van der Waals surface area contributed by atoms with Gasteiger partial charge in [0, 0.05) is 11.3 Å². The summed E-state index contributed by atoms with van der Waals surface area (Å²) >= 11 is 0. The highest BCUT2D eigenvalue weighted by Gasteiger charge is 2.61. The third kappa shape index (κ3) is 1.83. The average Bonchev–Trinajstić information content (AvgIpc) is 3.11. The normalized spacial score (nSPS) is 20.9. The molecule has 2 aromatic rings. The molecule has 0 saturated carbocycles. The van der Waals surface area contributed by atoms with E-state index in [4.69, 9.17) is 14.9 Å². The Hall–Kier alpha value is -3.09. The smallest absolute Gasteiger partial charge is 0.337 e. The molecule has 1 spiro atoms. The first-order valence-corrected chi connectivity index (χ1v) is 7.97. The van der Waals surface area contributed by atoms with E-state index >= 15 is 0 Å². The van der Waals surface area contributed by atoms with Crippen LogP contribution in [0.2, 0.25) is 0 Å². The summed E-state index contributed by atoms with van der Waals surface area (Å²) < 4.78 is 10.9. The van der Waals surface area contributed by atoms with Crippen LogP contribution in [0.25, 0.3) is 11.3 Å². The first-order chi connectivity index (χ1) is 11.9. The molecule has 0 radical (unpaired) electrons. The summed E-state index contributed by atoms with van der Waals surface area (Å²) in [5.41, 5.74) is 6.68. The van der Waals surface area contributed by atoms with Gasteiger partial charge in [0.15, 0.2) is 11.2 Å². The number of carbonyl (C=O) groups excluding carboxylic acids is 2. The topological polar surface area (TPSA) is 107 Å². The first-order valence-electron chi connectivity index (χ1n) is 7.97. The summed E-state index contributed by atoms with van der Waals surface area (Å²) in [6.45, 7) is 5.19. The van der Waals surface area contributed by atoms with E-state index in [1.165, 1.54) is 0 Å². The molecule has 0 bridgehead atoms. The Bertz CT molecular complexity index is 957. The van der Waals surface area contributed by atoms with E-state index in [0.29, 0.717) is 28.3 Å². The molecule has 1 atom stereocenters. The zero-order valence-corrected chi connectivity index (χ0v) is 14.0. The van der Waals surface area contributed by atoms with Crippen molar-refractivity contribution in [1.82, 2.24) is 10.3 Å². The Morgan fingerprint density at radius 1 is 1.36 bits per heavy atom. The van der Waals surface area contributed by atoms with Gasteiger partial charge in [0.25, 0.3) is 6.01 Å². The quantitative estimate of drug-likeness (QED) is 0.809. The van der Waals surface area contributed by atoms with Crippen molar-refractivity contribution in [3.05, 3.63) is 46.8 Å². The van der Waals surface area contributed by atoms with E-state index in [2.05, 4.69) is 10.3 Å². The zero-order valence-electron chi connectivity index (χ0n) is 14.0. The van der Waals surface area contributed by atoms with Crippen LogP contribution in [0.5, 0.6) is 0 Å². The molecule has 3 N–H and O–H groups in total. The van der Waals surface area contributed by atoms with Crippen LogP contribution in [0.1, 0.15) is 32.0 Å². The van der Waals surface area contributed by atoms with Gasteiger partial charge in [-0.25, -0.2) is 4.79 Å². The lowest BCUT2D eigenvalue weighted by Gasteiger charge is -2.25. The lowest BCUT2D eigenvalue weighted by atomic mass is 9.75. The summed E-state index contributed by atoms with van der Waals surface area (Å²) in [6.07, 6.45) is -0.320. The van der Waals surface area contributed by atoms with Gasteiger partial charge in [-0.2, -0.15) is 4.98 Å². The van der Waals surface area contributed by atoms with Gasteiger partial charge in [0.05, 0.1) is 11.7 Å². The van der Waals surface area contributed by atoms with Crippen molar-refractivity contribution in [3.8, 4) is 11.3 Å². The highest BCUT2D eigenvalue weighted by molar-refractivity contribution is 6.14. The van der Waals surface area contributed by atoms with Gasteiger partial charge in [0.2, 0.25) is 5.91 Å². The minimum Gasteiger partial charge on any atom is -0.460 e. The van der Waals surface area contributed by atoms with E-state index in [9.17, 15) is 9.59 Å². The second-order valence-electron chi connectivity index (χ2n) is 6.43. The van der Waals surface area contributed by atoms with Crippen LogP contribution in [0, 0.1) is 0 Å². The number of amides is 1. The van der Waals surface area contributed by atoms with Crippen LogP contribution in [-0.4, -0.2) is 23.0 Å². The first kappa shape index (κ1) is 15.4. The van der Waals surface area contributed by atoms with E-state index < -0.39 is 11.4 Å². The molecule has 1 unspecified atom stereocenters. The van der Waals surface area contributed by atoms with Crippen LogP contribution in [0.15, 0.2) is 40.0 Å². The molecular weight excluding hydrogens is 322 g/mol. The fraction of sp³-hybridized carbons (Fsp3) is 0.278. The van der Waals surface area contributed by atoms with E-state index in [1.807, 2.05) is 18.2 Å². The maximum Gasteiger partial charge on any atom is 0.337 e. The number of rotatable bonds is 2. The van der Waals surface area contributed by atoms with Crippen LogP contribution in [0.4, 0.5) is 6.01 Å². The predicted octanol–water partition coefficient (Wildman–Crippen LogP) is 1.88. The molecule has 25 heavy (non-hydrogen) atoms. The molecule has 1 aliphatic heterocycles. The van der Waals surface area contributed by atoms with Crippen molar-refractivity contribution in [3.63, 3.8) is 0 Å². The summed E-state index contributed by atoms with van der Waals surface area (Å²) in [5.74, 6) is -0.511.